The van der Waals surface area contributed by atoms with Gasteiger partial charge in [-0.1, -0.05) is 20.3 Å². The number of likely N-dealkylation sites (N-methyl/N-ethyl adjacent to an activating group) is 1. The highest BCUT2D eigenvalue weighted by Crippen LogP contribution is 2.39. The summed E-state index contributed by atoms with van der Waals surface area (Å²) in [5.41, 5.74) is 5.64. The molecule has 110 valence electrons. The Labute approximate surface area is 117 Å². The first-order valence-corrected chi connectivity index (χ1v) is 7.67. The number of nitrogens with two attached hydrogens (primary N) is 1. The molecule has 2 fully saturated rings. The van der Waals surface area contributed by atoms with Gasteiger partial charge in [-0.25, -0.2) is 0 Å². The van der Waals surface area contributed by atoms with Crippen molar-refractivity contribution in [1.29, 1.82) is 0 Å². The van der Waals surface area contributed by atoms with E-state index in [1.54, 1.807) is 0 Å². The Morgan fingerprint density at radius 3 is 2.42 bits per heavy atom. The normalized spacial score (nSPS) is 35.4. The van der Waals surface area contributed by atoms with E-state index in [1.807, 2.05) is 7.05 Å². The van der Waals surface area contributed by atoms with Gasteiger partial charge in [-0.2, -0.15) is 0 Å². The molecule has 1 aliphatic heterocycles. The third-order valence-corrected chi connectivity index (χ3v) is 5.81. The van der Waals surface area contributed by atoms with Crippen LogP contribution in [0.15, 0.2) is 0 Å². The second-order valence-corrected chi connectivity index (χ2v) is 6.79. The largest absolute Gasteiger partial charge is 0.368 e. The van der Waals surface area contributed by atoms with Gasteiger partial charge in [0.2, 0.25) is 5.91 Å². The predicted molar refractivity (Wildman–Crippen MR) is 77.8 cm³/mol. The zero-order valence-corrected chi connectivity index (χ0v) is 12.7. The smallest absolute Gasteiger partial charge is 0.237 e. The van der Waals surface area contributed by atoms with Crippen LogP contribution in [0.1, 0.15) is 52.4 Å². The van der Waals surface area contributed by atoms with E-state index in [1.165, 1.54) is 32.4 Å². The molecule has 19 heavy (non-hydrogen) atoms. The number of nitrogens with one attached hydrogen (secondary N) is 1. The number of primary amides is 1. The molecule has 1 saturated heterocycles. The lowest BCUT2D eigenvalue weighted by molar-refractivity contribution is -0.124. The highest BCUT2D eigenvalue weighted by Gasteiger charge is 2.45. The summed E-state index contributed by atoms with van der Waals surface area (Å²) in [6.45, 7) is 7.05. The van der Waals surface area contributed by atoms with Gasteiger partial charge in [0.05, 0.1) is 5.54 Å². The van der Waals surface area contributed by atoms with E-state index < -0.39 is 5.54 Å². The van der Waals surface area contributed by atoms with Gasteiger partial charge >= 0.3 is 0 Å². The first-order valence-electron chi connectivity index (χ1n) is 7.67. The van der Waals surface area contributed by atoms with Crippen LogP contribution >= 0.6 is 0 Å². The quantitative estimate of drug-likeness (QED) is 0.811. The minimum atomic E-state index is -0.462. The van der Waals surface area contributed by atoms with Gasteiger partial charge in [-0.05, 0) is 57.7 Å². The van der Waals surface area contributed by atoms with Gasteiger partial charge in [0.15, 0.2) is 0 Å². The second kappa shape index (κ2) is 5.41. The number of likely N-dealkylation sites (tertiary alicyclic amines) is 1. The number of carbonyl (C=O) groups excluding carboxylic acids is 1. The summed E-state index contributed by atoms with van der Waals surface area (Å²) in [4.78, 5) is 14.3. The highest BCUT2D eigenvalue weighted by molar-refractivity contribution is 5.85. The van der Waals surface area contributed by atoms with Gasteiger partial charge in [0.1, 0.15) is 0 Å². The van der Waals surface area contributed by atoms with Gasteiger partial charge < -0.3 is 16.0 Å². The van der Waals surface area contributed by atoms with Crippen LogP contribution in [0.3, 0.4) is 0 Å². The molecule has 2 rings (SSSR count). The van der Waals surface area contributed by atoms with Crippen LogP contribution in [0.25, 0.3) is 0 Å². The topological polar surface area (TPSA) is 58.4 Å². The van der Waals surface area contributed by atoms with E-state index in [9.17, 15) is 4.79 Å². The number of piperidine rings is 1. The van der Waals surface area contributed by atoms with Crippen molar-refractivity contribution in [2.45, 2.75) is 64.0 Å². The van der Waals surface area contributed by atoms with Crippen LogP contribution in [0.2, 0.25) is 0 Å². The minimum absolute atomic E-state index is 0.187. The number of nitrogens with zero attached hydrogens (tertiary/aromatic N) is 1. The molecule has 4 heteroatoms. The predicted octanol–water partition coefficient (Wildman–Crippen LogP) is 1.49. The van der Waals surface area contributed by atoms with Crippen LogP contribution in [0.5, 0.6) is 0 Å². The number of rotatable bonds is 4. The van der Waals surface area contributed by atoms with E-state index in [0.29, 0.717) is 11.5 Å². The van der Waals surface area contributed by atoms with Crippen molar-refractivity contribution in [3.63, 3.8) is 0 Å². The van der Waals surface area contributed by atoms with E-state index in [2.05, 4.69) is 24.1 Å². The second-order valence-electron chi connectivity index (χ2n) is 6.79. The monoisotopic (exact) mass is 267 g/mol. The summed E-state index contributed by atoms with van der Waals surface area (Å²) in [6, 6.07) is 0.529. The van der Waals surface area contributed by atoms with Crippen molar-refractivity contribution in [3.05, 3.63) is 0 Å². The minimum Gasteiger partial charge on any atom is -0.368 e. The molecule has 1 aliphatic carbocycles. The Balaban J connectivity index is 1.94. The lowest BCUT2D eigenvalue weighted by atomic mass is 9.78. The van der Waals surface area contributed by atoms with Gasteiger partial charge in [0.25, 0.3) is 0 Å². The number of hydrogen-bond donors (Lipinski definition) is 2. The molecule has 0 spiro atoms. The molecule has 1 heterocycles. The molecule has 3 N–H and O–H groups in total. The molecule has 2 aliphatic rings. The molecule has 1 saturated carbocycles. The standard InChI is InChI=1S/C15H29N3O/c1-4-14(2)7-9-18(10-8-14)12-5-6-15(11-12,17-3)13(16)19/h12,17H,4-11H2,1-3H3,(H2,16,19). The van der Waals surface area contributed by atoms with Crippen LogP contribution in [0.4, 0.5) is 0 Å². The van der Waals surface area contributed by atoms with Crippen LogP contribution in [-0.4, -0.2) is 42.5 Å². The molecule has 1 amide bonds. The summed E-state index contributed by atoms with van der Waals surface area (Å²) >= 11 is 0. The van der Waals surface area contributed by atoms with E-state index in [4.69, 9.17) is 5.73 Å². The van der Waals surface area contributed by atoms with Crippen molar-refractivity contribution in [1.82, 2.24) is 10.2 Å². The Kier molecular flexibility index (Phi) is 4.21. The van der Waals surface area contributed by atoms with Gasteiger partial charge in [-0.15, -0.1) is 0 Å². The number of hydrogen-bond acceptors (Lipinski definition) is 3. The average Bonchev–Trinajstić information content (AvgIpc) is 2.85. The zero-order valence-electron chi connectivity index (χ0n) is 12.7. The highest BCUT2D eigenvalue weighted by atomic mass is 16.1. The molecule has 0 aromatic heterocycles. The zero-order chi connectivity index (χ0) is 14.1. The molecule has 4 nitrogen and oxygen atoms in total. The number of amides is 1. The third kappa shape index (κ3) is 2.79. The van der Waals surface area contributed by atoms with Crippen molar-refractivity contribution in [2.75, 3.05) is 20.1 Å². The lowest BCUT2D eigenvalue weighted by Crippen LogP contribution is -2.53. The van der Waals surface area contributed by atoms with Crippen molar-refractivity contribution < 1.29 is 4.79 Å². The molecule has 0 radical (unpaired) electrons. The maximum atomic E-state index is 11.7. The SMILES string of the molecule is CCC1(C)CCN(C2CCC(NC)(C(N)=O)C2)CC1. The maximum absolute atomic E-state index is 11.7. The van der Waals surface area contributed by atoms with Crippen LogP contribution < -0.4 is 11.1 Å². The summed E-state index contributed by atoms with van der Waals surface area (Å²) in [5.74, 6) is -0.187. The average molecular weight is 267 g/mol. The molecule has 0 aromatic rings. The molecule has 2 atom stereocenters. The van der Waals surface area contributed by atoms with E-state index in [-0.39, 0.29) is 5.91 Å². The first kappa shape index (κ1) is 14.8. The Morgan fingerprint density at radius 1 is 1.37 bits per heavy atom. The summed E-state index contributed by atoms with van der Waals surface area (Å²) in [6.07, 6.45) is 6.68. The summed E-state index contributed by atoms with van der Waals surface area (Å²) in [5, 5.41) is 3.17. The van der Waals surface area contributed by atoms with Crippen LogP contribution in [-0.2, 0) is 4.79 Å². The fourth-order valence-electron chi connectivity index (χ4n) is 3.69. The Hall–Kier alpha value is -0.610. The molecular weight excluding hydrogens is 238 g/mol. The Morgan fingerprint density at radius 2 is 2.00 bits per heavy atom. The number of carbonyl (C=O) groups is 1. The summed E-state index contributed by atoms with van der Waals surface area (Å²) < 4.78 is 0. The molecular formula is C15H29N3O. The molecule has 0 aromatic carbocycles. The summed E-state index contributed by atoms with van der Waals surface area (Å²) in [7, 11) is 1.86. The van der Waals surface area contributed by atoms with E-state index in [0.717, 1.165) is 19.3 Å². The molecule has 0 bridgehead atoms. The van der Waals surface area contributed by atoms with Crippen molar-refractivity contribution in [3.8, 4) is 0 Å². The van der Waals surface area contributed by atoms with Crippen molar-refractivity contribution in [2.24, 2.45) is 11.1 Å². The fourth-order valence-corrected chi connectivity index (χ4v) is 3.69. The third-order valence-electron chi connectivity index (χ3n) is 5.81. The lowest BCUT2D eigenvalue weighted by Gasteiger charge is -2.42. The first-order chi connectivity index (χ1) is 8.95. The fraction of sp³-hybridized carbons (Fsp3) is 0.933. The molecule has 2 unspecified atom stereocenters. The van der Waals surface area contributed by atoms with Crippen LogP contribution in [0, 0.1) is 5.41 Å². The van der Waals surface area contributed by atoms with Gasteiger partial charge in [-0.3, -0.25) is 4.79 Å². The maximum Gasteiger partial charge on any atom is 0.237 e. The Bertz CT molecular complexity index is 336. The van der Waals surface area contributed by atoms with E-state index >= 15 is 0 Å². The van der Waals surface area contributed by atoms with Gasteiger partial charge in [0, 0.05) is 6.04 Å². The van der Waals surface area contributed by atoms with Crippen molar-refractivity contribution >= 4 is 5.91 Å².